The van der Waals surface area contributed by atoms with Crippen molar-refractivity contribution in [3.8, 4) is 0 Å². The molecule has 2 N–H and O–H groups in total. The van der Waals surface area contributed by atoms with Crippen LogP contribution in [0.25, 0.3) is 0 Å². The van der Waals surface area contributed by atoms with E-state index in [1.54, 1.807) is 4.98 Å². The molecule has 4 atom stereocenters. The fourth-order valence-electron chi connectivity index (χ4n) is 2.22. The van der Waals surface area contributed by atoms with E-state index in [0.717, 1.165) is 0 Å². The van der Waals surface area contributed by atoms with Gasteiger partial charge in [0.2, 0.25) is 5.82 Å². The molecule has 2 heterocycles. The van der Waals surface area contributed by atoms with E-state index in [9.17, 15) is 23.5 Å². The first-order chi connectivity index (χ1) is 11.3. The Morgan fingerprint density at radius 1 is 1.40 bits per heavy atom. The summed E-state index contributed by atoms with van der Waals surface area (Å²) in [4.78, 5) is 24.6. The van der Waals surface area contributed by atoms with Gasteiger partial charge < -0.3 is 14.3 Å². The van der Waals surface area contributed by atoms with Crippen LogP contribution in [0.3, 0.4) is 0 Å². The Hall–Kier alpha value is -1.36. The standard InChI is InChI=1S/C15H24F2N2O5Si/c1-15(2,3)25(4,5)23-7-9-11(20)10(17)13(24-9)19-6-8(16)12(21)18-14(19)22/h6,9-11,13,20H,7H2,1-5H3,(H,18,21,22)/t9-,10+,11-,13-/m1/s1. The van der Waals surface area contributed by atoms with Gasteiger partial charge in [0.15, 0.2) is 20.7 Å². The SMILES string of the molecule is CC(C)(C)[Si](C)(C)OC[C@H]1O[C@@H](n2cc(F)c(=O)[nH]c2=O)[C@@H](F)[C@@H]1O. The number of H-pyrrole nitrogens is 1. The smallest absolute Gasteiger partial charge is 0.330 e. The van der Waals surface area contributed by atoms with Crippen molar-refractivity contribution >= 4 is 8.32 Å². The summed E-state index contributed by atoms with van der Waals surface area (Å²) in [6.45, 7) is 10.1. The van der Waals surface area contributed by atoms with Crippen molar-refractivity contribution in [3.05, 3.63) is 32.9 Å². The van der Waals surface area contributed by atoms with Gasteiger partial charge in [-0.2, -0.15) is 4.39 Å². The minimum atomic E-state index is -2.14. The van der Waals surface area contributed by atoms with E-state index in [1.165, 1.54) is 0 Å². The minimum Gasteiger partial charge on any atom is -0.414 e. The van der Waals surface area contributed by atoms with Crippen LogP contribution in [-0.2, 0) is 9.16 Å². The first-order valence-corrected chi connectivity index (χ1v) is 10.9. The van der Waals surface area contributed by atoms with Gasteiger partial charge in [0, 0.05) is 0 Å². The molecule has 1 aliphatic heterocycles. The molecule has 0 spiro atoms. The summed E-state index contributed by atoms with van der Waals surface area (Å²) in [5, 5.41) is 9.98. The number of alkyl halides is 1. The van der Waals surface area contributed by atoms with Gasteiger partial charge in [-0.1, -0.05) is 20.8 Å². The van der Waals surface area contributed by atoms with Crippen LogP contribution in [0.2, 0.25) is 18.1 Å². The number of rotatable bonds is 4. The number of halogens is 2. The Morgan fingerprint density at radius 3 is 2.56 bits per heavy atom. The van der Waals surface area contributed by atoms with Crippen molar-refractivity contribution in [1.29, 1.82) is 0 Å². The van der Waals surface area contributed by atoms with E-state index >= 15 is 0 Å². The number of nitrogens with one attached hydrogen (secondary N) is 1. The van der Waals surface area contributed by atoms with Crippen molar-refractivity contribution in [3.63, 3.8) is 0 Å². The molecule has 0 aliphatic carbocycles. The summed E-state index contributed by atoms with van der Waals surface area (Å²) < 4.78 is 39.7. The normalized spacial score (nSPS) is 27.7. The first kappa shape index (κ1) is 20.0. The Labute approximate surface area is 144 Å². The van der Waals surface area contributed by atoms with Gasteiger partial charge in [-0.25, -0.2) is 9.18 Å². The van der Waals surface area contributed by atoms with Crippen molar-refractivity contribution in [2.24, 2.45) is 0 Å². The second-order valence-electron chi connectivity index (χ2n) is 7.72. The average Bonchev–Trinajstić information content (AvgIpc) is 2.76. The lowest BCUT2D eigenvalue weighted by Crippen LogP contribution is -2.44. The summed E-state index contributed by atoms with van der Waals surface area (Å²) in [6.07, 6.45) is -5.46. The fraction of sp³-hybridized carbons (Fsp3) is 0.733. The molecule has 142 valence electrons. The maximum Gasteiger partial charge on any atom is 0.330 e. The maximum atomic E-state index is 14.4. The third-order valence-corrected chi connectivity index (χ3v) is 9.41. The molecule has 7 nitrogen and oxygen atoms in total. The highest BCUT2D eigenvalue weighted by Crippen LogP contribution is 2.38. The van der Waals surface area contributed by atoms with Crippen molar-refractivity contribution in [2.45, 2.75) is 63.5 Å². The van der Waals surface area contributed by atoms with Gasteiger partial charge in [0.25, 0.3) is 5.56 Å². The number of hydrogen-bond donors (Lipinski definition) is 2. The molecular weight excluding hydrogens is 354 g/mol. The number of hydrogen-bond acceptors (Lipinski definition) is 5. The van der Waals surface area contributed by atoms with Crippen LogP contribution < -0.4 is 11.2 Å². The highest BCUT2D eigenvalue weighted by Gasteiger charge is 2.47. The molecule has 1 aromatic heterocycles. The van der Waals surface area contributed by atoms with Gasteiger partial charge in [-0.05, 0) is 18.1 Å². The molecule has 0 radical (unpaired) electrons. The fourth-order valence-corrected chi connectivity index (χ4v) is 3.24. The number of nitrogens with zero attached hydrogens (tertiary/aromatic N) is 1. The second kappa shape index (κ2) is 6.75. The molecule has 0 saturated carbocycles. The Balaban J connectivity index is 2.18. The first-order valence-electron chi connectivity index (χ1n) is 7.97. The predicted octanol–water partition coefficient (Wildman–Crippen LogP) is 1.29. The predicted molar refractivity (Wildman–Crippen MR) is 89.2 cm³/mol. The Kier molecular flexibility index (Phi) is 5.38. The topological polar surface area (TPSA) is 93.5 Å². The van der Waals surface area contributed by atoms with Crippen LogP contribution in [0.4, 0.5) is 8.78 Å². The monoisotopic (exact) mass is 378 g/mol. The van der Waals surface area contributed by atoms with E-state index in [2.05, 4.69) is 0 Å². The van der Waals surface area contributed by atoms with Crippen molar-refractivity contribution < 1.29 is 23.1 Å². The van der Waals surface area contributed by atoms with Gasteiger partial charge in [-0.3, -0.25) is 14.3 Å². The molecule has 0 unspecified atom stereocenters. The number of aromatic nitrogens is 2. The van der Waals surface area contributed by atoms with E-state index in [1.807, 2.05) is 33.9 Å². The zero-order valence-electron chi connectivity index (χ0n) is 14.9. The number of aromatic amines is 1. The van der Waals surface area contributed by atoms with Crippen LogP contribution in [0.5, 0.6) is 0 Å². The Morgan fingerprint density at radius 2 is 2.00 bits per heavy atom. The molecule has 1 saturated heterocycles. The van der Waals surface area contributed by atoms with Gasteiger partial charge in [-0.15, -0.1) is 0 Å². The van der Waals surface area contributed by atoms with Crippen LogP contribution in [0.15, 0.2) is 15.8 Å². The largest absolute Gasteiger partial charge is 0.414 e. The van der Waals surface area contributed by atoms with Gasteiger partial charge in [0.05, 0.1) is 12.8 Å². The van der Waals surface area contributed by atoms with Crippen LogP contribution in [0.1, 0.15) is 27.0 Å². The zero-order valence-corrected chi connectivity index (χ0v) is 15.9. The lowest BCUT2D eigenvalue weighted by molar-refractivity contribution is -0.0471. The molecule has 0 aromatic carbocycles. The lowest BCUT2D eigenvalue weighted by atomic mass is 10.1. The highest BCUT2D eigenvalue weighted by molar-refractivity contribution is 6.74. The van der Waals surface area contributed by atoms with Gasteiger partial charge >= 0.3 is 5.69 Å². The van der Waals surface area contributed by atoms with Crippen molar-refractivity contribution in [1.82, 2.24) is 9.55 Å². The average molecular weight is 378 g/mol. The number of ether oxygens (including phenoxy) is 1. The molecule has 1 aromatic rings. The van der Waals surface area contributed by atoms with Crippen LogP contribution in [0, 0.1) is 5.82 Å². The van der Waals surface area contributed by atoms with Crippen LogP contribution in [-0.4, -0.2) is 48.0 Å². The molecule has 1 fully saturated rings. The van der Waals surface area contributed by atoms with E-state index in [0.29, 0.717) is 10.8 Å². The number of aliphatic hydroxyl groups is 1. The third kappa shape index (κ3) is 3.91. The summed E-state index contributed by atoms with van der Waals surface area (Å²) >= 11 is 0. The van der Waals surface area contributed by atoms with E-state index in [-0.39, 0.29) is 11.6 Å². The quantitative estimate of drug-likeness (QED) is 0.770. The Bertz CT molecular complexity index is 743. The molecule has 1 aliphatic rings. The van der Waals surface area contributed by atoms with E-state index < -0.39 is 50.0 Å². The minimum absolute atomic E-state index is 0.0465. The number of aliphatic hydroxyl groups excluding tert-OH is 1. The molecule has 25 heavy (non-hydrogen) atoms. The summed E-state index contributed by atoms with van der Waals surface area (Å²) in [6, 6.07) is 0. The summed E-state index contributed by atoms with van der Waals surface area (Å²) in [5.41, 5.74) is -2.22. The zero-order chi connectivity index (χ0) is 19.2. The maximum absolute atomic E-state index is 14.4. The summed E-state index contributed by atoms with van der Waals surface area (Å²) in [7, 11) is -2.14. The summed E-state index contributed by atoms with van der Waals surface area (Å²) in [5.74, 6) is -1.24. The third-order valence-electron chi connectivity index (χ3n) is 4.91. The lowest BCUT2D eigenvalue weighted by Gasteiger charge is -2.37. The molecule has 2 rings (SSSR count). The second-order valence-corrected chi connectivity index (χ2v) is 12.5. The van der Waals surface area contributed by atoms with Crippen molar-refractivity contribution in [2.75, 3.05) is 6.61 Å². The molecule has 10 heteroatoms. The van der Waals surface area contributed by atoms with Crippen LogP contribution >= 0.6 is 0 Å². The molecule has 0 bridgehead atoms. The van der Waals surface area contributed by atoms with Gasteiger partial charge in [0.1, 0.15) is 12.2 Å². The van der Waals surface area contributed by atoms with E-state index in [4.69, 9.17) is 9.16 Å². The highest BCUT2D eigenvalue weighted by atomic mass is 28.4. The molecular formula is C15H24F2N2O5Si. The molecule has 0 amide bonds.